The fraction of sp³-hybridized carbons (Fsp3) is 0.714. The van der Waals surface area contributed by atoms with Crippen molar-refractivity contribution in [2.24, 2.45) is 34.8 Å². The van der Waals surface area contributed by atoms with Gasteiger partial charge in [-0.2, -0.15) is 0 Å². The molecule has 34 heavy (non-hydrogen) atoms. The van der Waals surface area contributed by atoms with Gasteiger partial charge in [0.15, 0.2) is 0 Å². The summed E-state index contributed by atoms with van der Waals surface area (Å²) in [5.41, 5.74) is 9.64. The van der Waals surface area contributed by atoms with Gasteiger partial charge in [0.05, 0.1) is 11.5 Å². The molecule has 6 nitrogen and oxygen atoms in total. The zero-order chi connectivity index (χ0) is 26.2. The van der Waals surface area contributed by atoms with Crippen molar-refractivity contribution in [1.29, 1.82) is 0 Å². The number of carbonyl (C=O) groups excluding carboxylic acids is 2. The molecule has 0 aliphatic heterocycles. The van der Waals surface area contributed by atoms with Crippen molar-refractivity contribution in [2.45, 2.75) is 86.8 Å². The van der Waals surface area contributed by atoms with E-state index in [1.165, 1.54) is 16.7 Å². The van der Waals surface area contributed by atoms with E-state index in [9.17, 15) is 14.7 Å². The Morgan fingerprint density at radius 3 is 2.15 bits per heavy atom. The number of aliphatic hydroxyl groups is 1. The van der Waals surface area contributed by atoms with Gasteiger partial charge in [-0.3, -0.25) is 9.59 Å². The molecule has 0 spiro atoms. The van der Waals surface area contributed by atoms with Crippen LogP contribution in [-0.4, -0.2) is 42.7 Å². The molecule has 1 aromatic carbocycles. The second-order valence-electron chi connectivity index (χ2n) is 11.4. The third-order valence-corrected chi connectivity index (χ3v) is 7.26. The Kier molecular flexibility index (Phi) is 11.7. The number of benzene rings is 1. The summed E-state index contributed by atoms with van der Waals surface area (Å²) in [5.74, 6) is 0.163. The first-order chi connectivity index (χ1) is 15.7. The third-order valence-electron chi connectivity index (χ3n) is 7.26. The van der Waals surface area contributed by atoms with Gasteiger partial charge in [0.25, 0.3) is 0 Å². The van der Waals surface area contributed by atoms with Crippen molar-refractivity contribution < 1.29 is 14.7 Å². The highest BCUT2D eigenvalue weighted by Gasteiger charge is 2.32. The van der Waals surface area contributed by atoms with Gasteiger partial charge < -0.3 is 21.5 Å². The van der Waals surface area contributed by atoms with E-state index in [4.69, 9.17) is 5.73 Å². The predicted octanol–water partition coefficient (Wildman–Crippen LogP) is 3.75. The molecule has 0 aliphatic rings. The van der Waals surface area contributed by atoms with Crippen LogP contribution in [0.5, 0.6) is 0 Å². The molecule has 1 rings (SSSR count). The molecule has 1 aromatic rings. The van der Waals surface area contributed by atoms with Gasteiger partial charge in [0, 0.05) is 25.6 Å². The Bertz CT molecular complexity index is 804. The predicted molar refractivity (Wildman–Crippen MR) is 140 cm³/mol. The quantitative estimate of drug-likeness (QED) is 0.349. The lowest BCUT2D eigenvalue weighted by Gasteiger charge is -2.31. The zero-order valence-electron chi connectivity index (χ0n) is 22.9. The molecule has 0 aliphatic carbocycles. The summed E-state index contributed by atoms with van der Waals surface area (Å²) in [6.45, 7) is 16.4. The molecule has 5 N–H and O–H groups in total. The Labute approximate surface area is 207 Å². The molecule has 0 radical (unpaired) electrons. The molecular weight excluding hydrogens is 426 g/mol. The van der Waals surface area contributed by atoms with Gasteiger partial charge in [-0.05, 0) is 81.4 Å². The van der Waals surface area contributed by atoms with Gasteiger partial charge >= 0.3 is 0 Å². The second-order valence-corrected chi connectivity index (χ2v) is 11.4. The fourth-order valence-corrected chi connectivity index (χ4v) is 4.31. The number of amides is 2. The fourth-order valence-electron chi connectivity index (χ4n) is 4.31. The number of rotatable bonds is 13. The van der Waals surface area contributed by atoms with Crippen LogP contribution in [-0.2, 0) is 16.0 Å². The molecule has 6 heteroatoms. The van der Waals surface area contributed by atoms with Crippen molar-refractivity contribution in [1.82, 2.24) is 10.6 Å². The normalized spacial score (nSPS) is 15.7. The largest absolute Gasteiger partial charge is 0.391 e. The first kappa shape index (κ1) is 30.1. The lowest BCUT2D eigenvalue weighted by Crippen LogP contribution is -2.47. The smallest absolute Gasteiger partial charge is 0.227 e. The van der Waals surface area contributed by atoms with E-state index in [0.29, 0.717) is 24.7 Å². The van der Waals surface area contributed by atoms with Gasteiger partial charge in [-0.1, -0.05) is 45.9 Å². The highest BCUT2D eigenvalue weighted by Crippen LogP contribution is 2.26. The van der Waals surface area contributed by atoms with E-state index in [2.05, 4.69) is 56.5 Å². The number of aliphatic hydroxyl groups excluding tert-OH is 1. The molecule has 0 bridgehead atoms. The number of hydrogen-bond donors (Lipinski definition) is 4. The van der Waals surface area contributed by atoms with Crippen molar-refractivity contribution in [3.63, 3.8) is 0 Å². The highest BCUT2D eigenvalue weighted by molar-refractivity contribution is 5.83. The first-order valence-corrected chi connectivity index (χ1v) is 12.7. The first-order valence-electron chi connectivity index (χ1n) is 12.7. The average Bonchev–Trinajstić information content (AvgIpc) is 2.76. The minimum Gasteiger partial charge on any atom is -0.391 e. The van der Waals surface area contributed by atoms with E-state index in [0.717, 1.165) is 6.42 Å². The summed E-state index contributed by atoms with van der Waals surface area (Å²) in [6, 6.07) is 6.18. The van der Waals surface area contributed by atoms with Crippen LogP contribution in [0.25, 0.3) is 0 Å². The van der Waals surface area contributed by atoms with Gasteiger partial charge in [-0.15, -0.1) is 0 Å². The molecule has 0 saturated carbocycles. The van der Waals surface area contributed by atoms with Crippen LogP contribution >= 0.6 is 0 Å². The van der Waals surface area contributed by atoms with Gasteiger partial charge in [0.2, 0.25) is 11.8 Å². The monoisotopic (exact) mass is 475 g/mol. The van der Waals surface area contributed by atoms with Crippen molar-refractivity contribution in [3.05, 3.63) is 34.9 Å². The van der Waals surface area contributed by atoms with Gasteiger partial charge in [-0.25, -0.2) is 0 Å². The standard InChI is InChI=1S/C28H49N3O3/c1-17(2)22(13-21-11-10-19(5)20(6)12-21)14-24(29)25(32)15-23(18(3)4)26(33)31-16-28(7,8)27(34)30-9/h10-12,17-18,22-25,32H,13-16,29H2,1-9H3,(H,30,34)(H,31,33). The highest BCUT2D eigenvalue weighted by atomic mass is 16.3. The Morgan fingerprint density at radius 2 is 1.65 bits per heavy atom. The second kappa shape index (κ2) is 13.2. The summed E-state index contributed by atoms with van der Waals surface area (Å²) in [5, 5.41) is 16.5. The third kappa shape index (κ3) is 9.03. The molecule has 4 atom stereocenters. The lowest BCUT2D eigenvalue weighted by molar-refractivity contribution is -0.131. The van der Waals surface area contributed by atoms with Crippen LogP contribution in [0.3, 0.4) is 0 Å². The Morgan fingerprint density at radius 1 is 1.03 bits per heavy atom. The van der Waals surface area contributed by atoms with Crippen molar-refractivity contribution >= 4 is 11.8 Å². The van der Waals surface area contributed by atoms with Crippen LogP contribution in [0.1, 0.15) is 71.1 Å². The summed E-state index contributed by atoms with van der Waals surface area (Å²) in [7, 11) is 1.59. The van der Waals surface area contributed by atoms with Crippen LogP contribution < -0.4 is 16.4 Å². The lowest BCUT2D eigenvalue weighted by atomic mass is 9.80. The summed E-state index contributed by atoms with van der Waals surface area (Å²) < 4.78 is 0. The Hall–Kier alpha value is -1.92. The number of nitrogens with one attached hydrogen (secondary N) is 2. The maximum atomic E-state index is 12.9. The average molecular weight is 476 g/mol. The maximum Gasteiger partial charge on any atom is 0.227 e. The number of carbonyl (C=O) groups is 2. The molecular formula is C28H49N3O3. The molecule has 0 aromatic heterocycles. The molecule has 0 fully saturated rings. The molecule has 0 heterocycles. The molecule has 0 saturated heterocycles. The number of aryl methyl sites for hydroxylation is 2. The number of nitrogens with two attached hydrogens (primary N) is 1. The van der Waals surface area contributed by atoms with Crippen molar-refractivity contribution in [3.8, 4) is 0 Å². The molecule has 4 unspecified atom stereocenters. The molecule has 194 valence electrons. The van der Waals surface area contributed by atoms with E-state index < -0.39 is 17.6 Å². The van der Waals surface area contributed by atoms with E-state index in [-0.39, 0.29) is 30.2 Å². The maximum absolute atomic E-state index is 12.9. The van der Waals surface area contributed by atoms with Crippen LogP contribution in [0.4, 0.5) is 0 Å². The van der Waals surface area contributed by atoms with Crippen molar-refractivity contribution in [2.75, 3.05) is 13.6 Å². The van der Waals surface area contributed by atoms with Crippen LogP contribution in [0, 0.1) is 42.9 Å². The van der Waals surface area contributed by atoms with Gasteiger partial charge in [0.1, 0.15) is 0 Å². The summed E-state index contributed by atoms with van der Waals surface area (Å²) >= 11 is 0. The minimum atomic E-state index is -0.772. The minimum absolute atomic E-state index is 0.0430. The number of hydrogen-bond acceptors (Lipinski definition) is 4. The topological polar surface area (TPSA) is 104 Å². The molecule has 2 amide bonds. The summed E-state index contributed by atoms with van der Waals surface area (Å²) in [6.07, 6.45) is 1.15. The van der Waals surface area contributed by atoms with Crippen LogP contribution in [0.15, 0.2) is 18.2 Å². The van der Waals surface area contributed by atoms with E-state index in [1.54, 1.807) is 20.9 Å². The summed E-state index contributed by atoms with van der Waals surface area (Å²) in [4.78, 5) is 25.0. The zero-order valence-corrected chi connectivity index (χ0v) is 22.9. The van der Waals surface area contributed by atoms with E-state index >= 15 is 0 Å². The SMILES string of the molecule is CNC(=O)C(C)(C)CNC(=O)C(CC(O)C(N)CC(Cc1ccc(C)c(C)c1)C(C)C)C(C)C. The van der Waals surface area contributed by atoms with Crippen LogP contribution in [0.2, 0.25) is 0 Å². The Balaban J connectivity index is 2.79. The van der Waals surface area contributed by atoms with E-state index in [1.807, 2.05) is 13.8 Å².